The lowest BCUT2D eigenvalue weighted by Gasteiger charge is -2.34. The minimum absolute atomic E-state index is 0.0251. The van der Waals surface area contributed by atoms with Gasteiger partial charge in [0.25, 0.3) is 0 Å². The van der Waals surface area contributed by atoms with E-state index >= 15 is 0 Å². The molecule has 2 saturated heterocycles. The fraction of sp³-hybridized carbons (Fsp3) is 0.533. The minimum atomic E-state index is -0.370. The number of benzene rings is 2. The first kappa shape index (κ1) is 27.9. The van der Waals surface area contributed by atoms with Crippen LogP contribution in [0.5, 0.6) is 0 Å². The highest BCUT2D eigenvalue weighted by Gasteiger charge is 2.32. The first-order chi connectivity index (χ1) is 17.3. The van der Waals surface area contributed by atoms with Gasteiger partial charge in [0.1, 0.15) is 6.04 Å². The fourth-order valence-electron chi connectivity index (χ4n) is 4.95. The van der Waals surface area contributed by atoms with E-state index in [1.165, 1.54) is 25.1 Å². The van der Waals surface area contributed by atoms with Crippen molar-refractivity contribution >= 4 is 11.8 Å². The summed E-state index contributed by atoms with van der Waals surface area (Å²) in [6.45, 7) is 13.9. The molecule has 2 fully saturated rings. The van der Waals surface area contributed by atoms with Crippen LogP contribution in [0.2, 0.25) is 0 Å². The maximum Gasteiger partial charge on any atom is 0.245 e. The van der Waals surface area contributed by atoms with E-state index in [1.807, 2.05) is 30.3 Å². The lowest BCUT2D eigenvalue weighted by atomic mass is 10.0. The van der Waals surface area contributed by atoms with Gasteiger partial charge in [0.2, 0.25) is 11.8 Å². The van der Waals surface area contributed by atoms with E-state index in [9.17, 15) is 9.59 Å². The molecule has 0 aromatic heterocycles. The molecule has 2 N–H and O–H groups in total. The number of rotatable bonds is 8. The average molecular weight is 493 g/mol. The summed E-state index contributed by atoms with van der Waals surface area (Å²) >= 11 is 0. The number of hydrogen-bond acceptors (Lipinski definition) is 4. The van der Waals surface area contributed by atoms with Crippen molar-refractivity contribution in [2.45, 2.75) is 65.7 Å². The lowest BCUT2D eigenvalue weighted by molar-refractivity contribution is -0.145. The Hall–Kier alpha value is -2.70. The van der Waals surface area contributed by atoms with Crippen LogP contribution in [0, 0.1) is 11.8 Å². The highest BCUT2D eigenvalue weighted by molar-refractivity contribution is 5.94. The molecule has 0 bridgehead atoms. The van der Waals surface area contributed by atoms with Crippen LogP contribution in [0.4, 0.5) is 0 Å². The van der Waals surface area contributed by atoms with Crippen LogP contribution in [0.15, 0.2) is 60.7 Å². The zero-order chi connectivity index (χ0) is 25.9. The predicted octanol–water partition coefficient (Wildman–Crippen LogP) is 4.07. The van der Waals surface area contributed by atoms with Crippen molar-refractivity contribution in [3.8, 4) is 0 Å². The summed E-state index contributed by atoms with van der Waals surface area (Å²) in [7, 11) is 0. The van der Waals surface area contributed by atoms with Crippen LogP contribution in [0.1, 0.15) is 51.7 Å². The van der Waals surface area contributed by atoms with Gasteiger partial charge in [-0.15, -0.1) is 0 Å². The topological polar surface area (TPSA) is 64.7 Å². The van der Waals surface area contributed by atoms with Gasteiger partial charge in [-0.3, -0.25) is 14.5 Å². The van der Waals surface area contributed by atoms with Gasteiger partial charge >= 0.3 is 0 Å². The molecule has 0 radical (unpaired) electrons. The van der Waals surface area contributed by atoms with E-state index in [1.54, 1.807) is 4.90 Å². The summed E-state index contributed by atoms with van der Waals surface area (Å²) in [4.78, 5) is 28.2. The van der Waals surface area contributed by atoms with E-state index in [2.05, 4.69) is 73.6 Å². The standard InChI is InChI=1S/C15H20N2O2.C15H24N2/c1-11(2)8-13-15(19)17(10-14(18)16-13)9-12-6-4-3-5-7-12;1-13(2)10-15-12-17(9-8-16-15)11-14-6-4-3-5-7-14/h3-7,11,13H,8-10H2,1-2H3,(H,16,18);3-7,13,15-16H,8-12H2,1-2H3/t13-;15-/m00/s1. The number of carbonyl (C=O) groups is 2. The molecule has 2 atom stereocenters. The smallest absolute Gasteiger partial charge is 0.245 e. The van der Waals surface area contributed by atoms with Gasteiger partial charge in [-0.25, -0.2) is 0 Å². The predicted molar refractivity (Wildman–Crippen MR) is 146 cm³/mol. The third-order valence-electron chi connectivity index (χ3n) is 6.55. The minimum Gasteiger partial charge on any atom is -0.343 e. The first-order valence-electron chi connectivity index (χ1n) is 13.4. The largest absolute Gasteiger partial charge is 0.343 e. The number of nitrogens with one attached hydrogen (secondary N) is 2. The summed E-state index contributed by atoms with van der Waals surface area (Å²) in [5.41, 5.74) is 2.48. The van der Waals surface area contributed by atoms with Crippen LogP contribution in [-0.4, -0.2) is 59.9 Å². The quantitative estimate of drug-likeness (QED) is 0.583. The normalized spacial score (nSPS) is 20.8. The van der Waals surface area contributed by atoms with Crippen LogP contribution in [-0.2, 0) is 22.7 Å². The van der Waals surface area contributed by atoms with Crippen molar-refractivity contribution in [1.29, 1.82) is 0 Å². The molecule has 2 aromatic rings. The summed E-state index contributed by atoms with van der Waals surface area (Å²) in [5, 5.41) is 6.41. The molecular formula is C30H44N4O2. The van der Waals surface area contributed by atoms with Crippen molar-refractivity contribution in [1.82, 2.24) is 20.4 Å². The Bertz CT molecular complexity index is 932. The Kier molecular flexibility index (Phi) is 11.0. The van der Waals surface area contributed by atoms with Crippen molar-refractivity contribution in [2.24, 2.45) is 11.8 Å². The van der Waals surface area contributed by atoms with Gasteiger partial charge in [-0.1, -0.05) is 88.4 Å². The van der Waals surface area contributed by atoms with E-state index in [0.717, 1.165) is 24.6 Å². The molecule has 2 aromatic carbocycles. The first-order valence-corrected chi connectivity index (χ1v) is 13.4. The SMILES string of the molecule is CC(C)C[C@@H]1NC(=O)CN(Cc2ccccc2)C1=O.CC(C)C[C@H]1CN(Cc2ccccc2)CCN1. The molecule has 2 heterocycles. The lowest BCUT2D eigenvalue weighted by Crippen LogP contribution is -2.57. The maximum atomic E-state index is 12.3. The Balaban J connectivity index is 0.000000202. The Morgan fingerprint density at radius 2 is 1.42 bits per heavy atom. The summed E-state index contributed by atoms with van der Waals surface area (Å²) in [5.74, 6) is 1.12. The number of hydrogen-bond donors (Lipinski definition) is 2. The second-order valence-electron chi connectivity index (χ2n) is 10.9. The van der Waals surface area contributed by atoms with Crippen LogP contribution < -0.4 is 10.6 Å². The molecule has 0 saturated carbocycles. The Labute approximate surface area is 217 Å². The molecule has 0 spiro atoms. The average Bonchev–Trinajstić information content (AvgIpc) is 2.83. The highest BCUT2D eigenvalue weighted by Crippen LogP contribution is 2.15. The van der Waals surface area contributed by atoms with E-state index in [0.29, 0.717) is 24.9 Å². The highest BCUT2D eigenvalue weighted by atomic mass is 16.2. The van der Waals surface area contributed by atoms with Gasteiger partial charge in [0, 0.05) is 38.8 Å². The third kappa shape index (κ3) is 9.40. The van der Waals surface area contributed by atoms with Crippen LogP contribution in [0.3, 0.4) is 0 Å². The molecule has 6 heteroatoms. The zero-order valence-corrected chi connectivity index (χ0v) is 22.5. The molecule has 0 unspecified atom stereocenters. The second-order valence-corrected chi connectivity index (χ2v) is 10.9. The zero-order valence-electron chi connectivity index (χ0n) is 22.5. The van der Waals surface area contributed by atoms with E-state index < -0.39 is 0 Å². The maximum absolute atomic E-state index is 12.3. The molecule has 2 aliphatic heterocycles. The van der Waals surface area contributed by atoms with Gasteiger partial charge in [0.05, 0.1) is 6.54 Å². The van der Waals surface area contributed by atoms with E-state index in [4.69, 9.17) is 0 Å². The third-order valence-corrected chi connectivity index (χ3v) is 6.55. The number of carbonyl (C=O) groups excluding carboxylic acids is 2. The molecule has 36 heavy (non-hydrogen) atoms. The molecule has 196 valence electrons. The number of piperazine rings is 2. The van der Waals surface area contributed by atoms with Crippen molar-refractivity contribution in [3.63, 3.8) is 0 Å². The number of amides is 2. The number of nitrogens with zero attached hydrogens (tertiary/aromatic N) is 2. The fourth-order valence-corrected chi connectivity index (χ4v) is 4.95. The molecular weight excluding hydrogens is 448 g/mol. The second kappa shape index (κ2) is 14.1. The monoisotopic (exact) mass is 492 g/mol. The van der Waals surface area contributed by atoms with Crippen LogP contribution >= 0.6 is 0 Å². The molecule has 4 rings (SSSR count). The van der Waals surface area contributed by atoms with Gasteiger partial charge in [-0.05, 0) is 35.8 Å². The van der Waals surface area contributed by atoms with Crippen LogP contribution in [0.25, 0.3) is 0 Å². The Morgan fingerprint density at radius 3 is 2.00 bits per heavy atom. The molecule has 2 aliphatic rings. The molecule has 2 amide bonds. The van der Waals surface area contributed by atoms with Gasteiger partial charge in [0.15, 0.2) is 0 Å². The molecule has 0 aliphatic carbocycles. The van der Waals surface area contributed by atoms with Crippen molar-refractivity contribution in [3.05, 3.63) is 71.8 Å². The summed E-state index contributed by atoms with van der Waals surface area (Å²) < 4.78 is 0. The molecule has 6 nitrogen and oxygen atoms in total. The van der Waals surface area contributed by atoms with E-state index in [-0.39, 0.29) is 24.4 Å². The van der Waals surface area contributed by atoms with Gasteiger partial charge in [-0.2, -0.15) is 0 Å². The van der Waals surface area contributed by atoms with Crippen molar-refractivity contribution in [2.75, 3.05) is 26.2 Å². The summed E-state index contributed by atoms with van der Waals surface area (Å²) in [6, 6.07) is 20.8. The van der Waals surface area contributed by atoms with Crippen molar-refractivity contribution < 1.29 is 9.59 Å². The summed E-state index contributed by atoms with van der Waals surface area (Å²) in [6.07, 6.45) is 1.97. The van der Waals surface area contributed by atoms with Gasteiger partial charge < -0.3 is 15.5 Å². The Morgan fingerprint density at radius 1 is 0.833 bits per heavy atom.